The van der Waals surface area contributed by atoms with Gasteiger partial charge in [0.05, 0.1) is 0 Å². The van der Waals surface area contributed by atoms with E-state index in [1.165, 1.54) is 0 Å². The number of aryl methyl sites for hydroxylation is 1. The van der Waals surface area contributed by atoms with Crippen molar-refractivity contribution in [3.63, 3.8) is 0 Å². The highest BCUT2D eigenvalue weighted by molar-refractivity contribution is 5.98. The van der Waals surface area contributed by atoms with Gasteiger partial charge in [-0.05, 0) is 18.1 Å². The first kappa shape index (κ1) is 13.8. The quantitative estimate of drug-likeness (QED) is 0.754. The van der Waals surface area contributed by atoms with Gasteiger partial charge < -0.3 is 11.1 Å². The Morgan fingerprint density at radius 1 is 1.44 bits per heavy atom. The number of nitrogens with one attached hydrogen (secondary N) is 1. The summed E-state index contributed by atoms with van der Waals surface area (Å²) in [6.45, 7) is 1.96. The van der Waals surface area contributed by atoms with Gasteiger partial charge in [-0.25, -0.2) is 0 Å². The van der Waals surface area contributed by atoms with Crippen molar-refractivity contribution in [1.82, 2.24) is 5.32 Å². The number of nitrogens with two attached hydrogens (primary N) is 1. The van der Waals surface area contributed by atoms with Crippen LogP contribution in [0.2, 0.25) is 0 Å². The van der Waals surface area contributed by atoms with E-state index in [4.69, 9.17) is 12.2 Å². The normalized spacial score (nSPS) is 11.3. The maximum Gasteiger partial charge on any atom is 0.252 e. The Labute approximate surface area is 107 Å². The van der Waals surface area contributed by atoms with Crippen LogP contribution in [0.1, 0.15) is 29.3 Å². The van der Waals surface area contributed by atoms with Crippen molar-refractivity contribution in [3.8, 4) is 12.3 Å². The van der Waals surface area contributed by atoms with E-state index in [1.54, 1.807) is 12.1 Å². The van der Waals surface area contributed by atoms with E-state index in [2.05, 4.69) is 11.2 Å². The number of amides is 2. The monoisotopic (exact) mass is 244 g/mol. The lowest BCUT2D eigenvalue weighted by atomic mass is 10.0. The number of rotatable bonds is 5. The molecular weight excluding hydrogens is 228 g/mol. The summed E-state index contributed by atoms with van der Waals surface area (Å²) < 4.78 is 0. The molecule has 1 aromatic carbocycles. The minimum absolute atomic E-state index is 0.0926. The standard InChI is InChI=1S/C14H16N2O2/c1-3-7-12(13(15)17)16-14(18)11-9-6-5-8-10(11)4-2/h1,5-6,8-9,12H,4,7H2,2H3,(H2,15,17)(H,16,18)/t12-/m0/s1. The largest absolute Gasteiger partial charge is 0.368 e. The molecular formula is C14H16N2O2. The minimum atomic E-state index is -0.826. The first-order valence-electron chi connectivity index (χ1n) is 5.71. The van der Waals surface area contributed by atoms with Gasteiger partial charge in [-0.2, -0.15) is 0 Å². The molecule has 0 aliphatic heterocycles. The van der Waals surface area contributed by atoms with Crippen molar-refractivity contribution in [1.29, 1.82) is 0 Å². The van der Waals surface area contributed by atoms with Gasteiger partial charge in [0, 0.05) is 12.0 Å². The summed E-state index contributed by atoms with van der Waals surface area (Å²) in [4.78, 5) is 23.1. The van der Waals surface area contributed by atoms with E-state index in [1.807, 2.05) is 19.1 Å². The molecule has 0 spiro atoms. The zero-order valence-electron chi connectivity index (χ0n) is 10.3. The van der Waals surface area contributed by atoms with Crippen LogP contribution < -0.4 is 11.1 Å². The highest BCUT2D eigenvalue weighted by atomic mass is 16.2. The predicted molar refractivity (Wildman–Crippen MR) is 69.7 cm³/mol. The van der Waals surface area contributed by atoms with Crippen LogP contribution in [0.15, 0.2) is 24.3 Å². The Hall–Kier alpha value is -2.28. The van der Waals surface area contributed by atoms with E-state index in [0.717, 1.165) is 12.0 Å². The molecule has 0 heterocycles. The molecule has 0 aromatic heterocycles. The van der Waals surface area contributed by atoms with Crippen LogP contribution in [-0.4, -0.2) is 17.9 Å². The maximum atomic E-state index is 12.0. The molecule has 1 rings (SSSR count). The summed E-state index contributed by atoms with van der Waals surface area (Å²) in [7, 11) is 0. The molecule has 3 N–H and O–H groups in total. The third-order valence-corrected chi connectivity index (χ3v) is 2.61. The molecule has 1 atom stereocenters. The molecule has 0 aliphatic carbocycles. The minimum Gasteiger partial charge on any atom is -0.368 e. The number of carbonyl (C=O) groups excluding carboxylic acids is 2. The van der Waals surface area contributed by atoms with E-state index < -0.39 is 11.9 Å². The van der Waals surface area contributed by atoms with Gasteiger partial charge in [-0.3, -0.25) is 9.59 Å². The second-order valence-corrected chi connectivity index (χ2v) is 3.85. The molecule has 18 heavy (non-hydrogen) atoms. The van der Waals surface area contributed by atoms with Crippen LogP contribution >= 0.6 is 0 Å². The zero-order chi connectivity index (χ0) is 13.5. The summed E-state index contributed by atoms with van der Waals surface area (Å²) >= 11 is 0. The second-order valence-electron chi connectivity index (χ2n) is 3.85. The second kappa shape index (κ2) is 6.45. The summed E-state index contributed by atoms with van der Waals surface area (Å²) in [5.74, 6) is 1.36. The lowest BCUT2D eigenvalue weighted by Gasteiger charge is -2.14. The Kier molecular flexibility index (Phi) is 4.94. The van der Waals surface area contributed by atoms with E-state index in [-0.39, 0.29) is 12.3 Å². The molecule has 0 fully saturated rings. The number of hydrogen-bond acceptors (Lipinski definition) is 2. The molecule has 4 nitrogen and oxygen atoms in total. The fraction of sp³-hybridized carbons (Fsp3) is 0.286. The average molecular weight is 244 g/mol. The Morgan fingerprint density at radius 2 is 2.11 bits per heavy atom. The molecule has 1 aromatic rings. The van der Waals surface area contributed by atoms with Crippen LogP contribution in [0.4, 0.5) is 0 Å². The molecule has 0 saturated heterocycles. The van der Waals surface area contributed by atoms with E-state index >= 15 is 0 Å². The van der Waals surface area contributed by atoms with E-state index in [0.29, 0.717) is 5.56 Å². The van der Waals surface area contributed by atoms with Crippen molar-refractivity contribution < 1.29 is 9.59 Å². The number of hydrogen-bond donors (Lipinski definition) is 2. The number of terminal acetylenes is 1. The lowest BCUT2D eigenvalue weighted by Crippen LogP contribution is -2.44. The van der Waals surface area contributed by atoms with Crippen molar-refractivity contribution in [3.05, 3.63) is 35.4 Å². The fourth-order valence-electron chi connectivity index (χ4n) is 1.63. The Balaban J connectivity index is 2.87. The van der Waals surface area contributed by atoms with Crippen molar-refractivity contribution >= 4 is 11.8 Å². The zero-order valence-corrected chi connectivity index (χ0v) is 10.3. The lowest BCUT2D eigenvalue weighted by molar-refractivity contribution is -0.119. The highest BCUT2D eigenvalue weighted by Gasteiger charge is 2.18. The SMILES string of the molecule is C#CC[C@H](NC(=O)c1ccccc1CC)C(N)=O. The maximum absolute atomic E-state index is 12.0. The van der Waals surface area contributed by atoms with Gasteiger partial charge in [0.15, 0.2) is 0 Å². The van der Waals surface area contributed by atoms with Crippen molar-refractivity contribution in [2.45, 2.75) is 25.8 Å². The van der Waals surface area contributed by atoms with Crippen LogP contribution in [0.3, 0.4) is 0 Å². The van der Waals surface area contributed by atoms with E-state index in [9.17, 15) is 9.59 Å². The molecule has 0 bridgehead atoms. The number of primary amides is 1. The number of benzene rings is 1. The van der Waals surface area contributed by atoms with Crippen LogP contribution in [0.25, 0.3) is 0 Å². The van der Waals surface area contributed by atoms with Crippen molar-refractivity contribution in [2.24, 2.45) is 5.73 Å². The summed E-state index contributed by atoms with van der Waals surface area (Å²) in [5.41, 5.74) is 6.63. The van der Waals surface area contributed by atoms with Crippen LogP contribution in [0.5, 0.6) is 0 Å². The fourth-order valence-corrected chi connectivity index (χ4v) is 1.63. The topological polar surface area (TPSA) is 72.2 Å². The van der Waals surface area contributed by atoms with Crippen LogP contribution in [-0.2, 0) is 11.2 Å². The van der Waals surface area contributed by atoms with Gasteiger partial charge in [0.2, 0.25) is 5.91 Å². The molecule has 0 radical (unpaired) electrons. The third kappa shape index (κ3) is 3.36. The Bertz CT molecular complexity index is 489. The molecule has 0 unspecified atom stereocenters. The Morgan fingerprint density at radius 3 is 2.67 bits per heavy atom. The first-order chi connectivity index (χ1) is 8.60. The van der Waals surface area contributed by atoms with Gasteiger partial charge in [0.25, 0.3) is 5.91 Å². The van der Waals surface area contributed by atoms with Gasteiger partial charge >= 0.3 is 0 Å². The third-order valence-electron chi connectivity index (χ3n) is 2.61. The summed E-state index contributed by atoms with van der Waals surface area (Å²) in [5, 5.41) is 2.55. The first-order valence-corrected chi connectivity index (χ1v) is 5.71. The predicted octanol–water partition coefficient (Wildman–Crippen LogP) is 0.856. The highest BCUT2D eigenvalue weighted by Crippen LogP contribution is 2.09. The average Bonchev–Trinajstić information content (AvgIpc) is 2.37. The molecule has 4 heteroatoms. The molecule has 0 saturated carbocycles. The van der Waals surface area contributed by atoms with Gasteiger partial charge in [-0.1, -0.05) is 25.1 Å². The number of carbonyl (C=O) groups is 2. The van der Waals surface area contributed by atoms with Crippen molar-refractivity contribution in [2.75, 3.05) is 0 Å². The summed E-state index contributed by atoms with van der Waals surface area (Å²) in [6.07, 6.45) is 5.96. The molecule has 0 aliphatic rings. The van der Waals surface area contributed by atoms with Gasteiger partial charge in [-0.15, -0.1) is 12.3 Å². The van der Waals surface area contributed by atoms with Gasteiger partial charge in [0.1, 0.15) is 6.04 Å². The smallest absolute Gasteiger partial charge is 0.252 e. The molecule has 94 valence electrons. The summed E-state index contributed by atoms with van der Waals surface area (Å²) in [6, 6.07) is 6.39. The molecule has 2 amide bonds. The van der Waals surface area contributed by atoms with Crippen LogP contribution in [0, 0.1) is 12.3 Å².